The lowest BCUT2D eigenvalue weighted by Crippen LogP contribution is -2.29. The van der Waals surface area contributed by atoms with Gasteiger partial charge in [-0.15, -0.1) is 0 Å². The molecule has 0 amide bonds. The Hall–Kier alpha value is -2.51. The highest BCUT2D eigenvalue weighted by atomic mass is 32.2. The predicted molar refractivity (Wildman–Crippen MR) is 94.4 cm³/mol. The maximum atomic E-state index is 13.0. The largest absolute Gasteiger partial charge is 0.322 e. The molecular weight excluding hydrogens is 343 g/mol. The van der Waals surface area contributed by atoms with Crippen LogP contribution in [0.4, 0.5) is 4.39 Å². The van der Waals surface area contributed by atoms with Gasteiger partial charge in [0.15, 0.2) is 0 Å². The number of H-pyrrole nitrogens is 1. The molecule has 0 saturated heterocycles. The maximum Gasteiger partial charge on any atom is 0.252 e. The Morgan fingerprint density at radius 3 is 2.44 bits per heavy atom. The monoisotopic (exact) mass is 360 g/mol. The lowest BCUT2D eigenvalue weighted by molar-refractivity contribution is 0.465. The Labute approximate surface area is 144 Å². The topological polar surface area (TPSA) is 70.2 Å². The molecule has 1 heterocycles. The zero-order valence-electron chi connectivity index (χ0n) is 13.8. The van der Waals surface area contributed by atoms with E-state index < -0.39 is 15.8 Å². The van der Waals surface area contributed by atoms with Crippen molar-refractivity contribution in [2.75, 3.05) is 7.05 Å². The average molecular weight is 360 g/mol. The van der Waals surface area contributed by atoms with Gasteiger partial charge in [0.25, 0.3) is 5.56 Å². The summed E-state index contributed by atoms with van der Waals surface area (Å²) in [6, 6.07) is 11.9. The number of halogens is 1. The summed E-state index contributed by atoms with van der Waals surface area (Å²) < 4.78 is 39.2. The molecule has 0 atom stereocenters. The molecule has 2 aromatic carbocycles. The van der Waals surface area contributed by atoms with E-state index in [1.54, 1.807) is 6.07 Å². The van der Waals surface area contributed by atoms with Gasteiger partial charge in [-0.25, -0.2) is 12.8 Å². The van der Waals surface area contributed by atoms with Gasteiger partial charge in [0.1, 0.15) is 5.82 Å². The number of nitrogens with zero attached hydrogens (tertiary/aromatic N) is 1. The Bertz CT molecular complexity index is 1090. The number of nitrogens with one attached hydrogen (secondary N) is 1. The fourth-order valence-electron chi connectivity index (χ4n) is 2.59. The summed E-state index contributed by atoms with van der Waals surface area (Å²) in [6.45, 7) is 1.84. The van der Waals surface area contributed by atoms with Crippen LogP contribution in [0.25, 0.3) is 10.9 Å². The summed E-state index contributed by atoms with van der Waals surface area (Å²) in [5.41, 5.74) is 1.73. The van der Waals surface area contributed by atoms with Crippen molar-refractivity contribution in [3.05, 3.63) is 75.8 Å². The maximum absolute atomic E-state index is 13.0. The number of hydrogen-bond acceptors (Lipinski definition) is 3. The first-order valence-electron chi connectivity index (χ1n) is 7.62. The fourth-order valence-corrected chi connectivity index (χ4v) is 3.74. The molecule has 7 heteroatoms. The van der Waals surface area contributed by atoms with Gasteiger partial charge in [0.2, 0.25) is 10.0 Å². The molecule has 0 spiro atoms. The molecule has 3 rings (SSSR count). The zero-order chi connectivity index (χ0) is 18.2. The molecule has 130 valence electrons. The van der Waals surface area contributed by atoms with Crippen LogP contribution < -0.4 is 5.56 Å². The van der Waals surface area contributed by atoms with E-state index >= 15 is 0 Å². The number of hydrogen-bond donors (Lipinski definition) is 1. The Morgan fingerprint density at radius 2 is 1.76 bits per heavy atom. The Balaban J connectivity index is 1.94. The minimum Gasteiger partial charge on any atom is -0.322 e. The van der Waals surface area contributed by atoms with Crippen LogP contribution in [0.1, 0.15) is 11.1 Å². The molecule has 0 aliphatic carbocycles. The summed E-state index contributed by atoms with van der Waals surface area (Å²) in [5.74, 6) is -0.511. The summed E-state index contributed by atoms with van der Waals surface area (Å²) in [5, 5.41) is 0.827. The molecule has 0 fully saturated rings. The van der Waals surface area contributed by atoms with Crippen molar-refractivity contribution in [1.82, 2.24) is 9.29 Å². The van der Waals surface area contributed by atoms with Crippen molar-refractivity contribution in [2.24, 2.45) is 0 Å². The Kier molecular flexibility index (Phi) is 4.45. The molecular formula is C18H17FN2O3S. The van der Waals surface area contributed by atoms with Crippen LogP contribution in [0, 0.1) is 12.7 Å². The molecule has 0 saturated carbocycles. The Morgan fingerprint density at radius 1 is 1.08 bits per heavy atom. The quantitative estimate of drug-likeness (QED) is 0.778. The molecule has 1 N–H and O–H groups in total. The number of aromatic amines is 1. The van der Waals surface area contributed by atoms with Crippen molar-refractivity contribution in [3.63, 3.8) is 0 Å². The van der Waals surface area contributed by atoms with Gasteiger partial charge < -0.3 is 4.98 Å². The number of benzene rings is 2. The second-order valence-corrected chi connectivity index (χ2v) is 7.97. The molecule has 0 radical (unpaired) electrons. The smallest absolute Gasteiger partial charge is 0.252 e. The summed E-state index contributed by atoms with van der Waals surface area (Å²) in [4.78, 5) is 15.0. The first-order valence-corrected chi connectivity index (χ1v) is 9.06. The molecule has 0 aliphatic rings. The van der Waals surface area contributed by atoms with Crippen LogP contribution in [0.2, 0.25) is 0 Å². The first kappa shape index (κ1) is 17.3. The summed E-state index contributed by atoms with van der Waals surface area (Å²) in [7, 11) is -2.43. The van der Waals surface area contributed by atoms with E-state index in [-0.39, 0.29) is 17.0 Å². The first-order chi connectivity index (χ1) is 11.8. The summed E-state index contributed by atoms with van der Waals surface area (Å²) in [6.07, 6.45) is 0. The molecule has 1 aromatic heterocycles. The normalized spacial score (nSPS) is 12.0. The van der Waals surface area contributed by atoms with E-state index in [1.165, 1.54) is 19.2 Å². The van der Waals surface area contributed by atoms with Crippen molar-refractivity contribution in [1.29, 1.82) is 0 Å². The van der Waals surface area contributed by atoms with E-state index in [0.29, 0.717) is 11.1 Å². The minimum atomic E-state index is -3.82. The lowest BCUT2D eigenvalue weighted by atomic mass is 10.1. The van der Waals surface area contributed by atoms with Crippen molar-refractivity contribution in [3.8, 4) is 0 Å². The number of rotatable bonds is 4. The second kappa shape index (κ2) is 6.42. The number of fused-ring (bicyclic) bond motifs is 1. The van der Waals surface area contributed by atoms with Crippen molar-refractivity contribution in [2.45, 2.75) is 18.4 Å². The van der Waals surface area contributed by atoms with Crippen molar-refractivity contribution < 1.29 is 12.8 Å². The fraction of sp³-hybridized carbons (Fsp3) is 0.167. The van der Waals surface area contributed by atoms with E-state index in [2.05, 4.69) is 4.98 Å². The highest BCUT2D eigenvalue weighted by Crippen LogP contribution is 2.18. The van der Waals surface area contributed by atoms with E-state index in [9.17, 15) is 17.6 Å². The molecule has 0 unspecified atom stereocenters. The van der Waals surface area contributed by atoms with Crippen LogP contribution in [-0.2, 0) is 16.6 Å². The number of aromatic nitrogens is 1. The molecule has 25 heavy (non-hydrogen) atoms. The third-order valence-electron chi connectivity index (χ3n) is 3.99. The van der Waals surface area contributed by atoms with Gasteiger partial charge in [-0.05, 0) is 54.3 Å². The third-order valence-corrected chi connectivity index (χ3v) is 5.81. The van der Waals surface area contributed by atoms with Gasteiger partial charge in [-0.2, -0.15) is 4.31 Å². The molecule has 0 aliphatic heterocycles. The SMILES string of the molecule is Cc1ccc2cc(CN(C)S(=O)(=O)c3ccc(F)cc3)c(=O)[nH]c2c1. The predicted octanol–water partition coefficient (Wildman–Crippen LogP) is 2.80. The average Bonchev–Trinajstić information content (AvgIpc) is 2.56. The van der Waals surface area contributed by atoms with Crippen LogP contribution in [0.15, 0.2) is 58.2 Å². The van der Waals surface area contributed by atoms with Crippen LogP contribution in [0.3, 0.4) is 0 Å². The van der Waals surface area contributed by atoms with Gasteiger partial charge in [0, 0.05) is 24.7 Å². The van der Waals surface area contributed by atoms with Gasteiger partial charge in [-0.3, -0.25) is 4.79 Å². The zero-order valence-corrected chi connectivity index (χ0v) is 14.6. The third kappa shape index (κ3) is 3.47. The van der Waals surface area contributed by atoms with Gasteiger partial charge in [0.05, 0.1) is 4.90 Å². The number of aryl methyl sites for hydroxylation is 1. The molecule has 0 bridgehead atoms. The van der Waals surface area contributed by atoms with Gasteiger partial charge >= 0.3 is 0 Å². The van der Waals surface area contributed by atoms with Crippen LogP contribution in [0.5, 0.6) is 0 Å². The lowest BCUT2D eigenvalue weighted by Gasteiger charge is -2.17. The van der Waals surface area contributed by atoms with E-state index in [0.717, 1.165) is 27.4 Å². The van der Waals surface area contributed by atoms with E-state index in [4.69, 9.17) is 0 Å². The summed E-state index contributed by atoms with van der Waals surface area (Å²) >= 11 is 0. The second-order valence-electron chi connectivity index (χ2n) is 5.93. The highest BCUT2D eigenvalue weighted by Gasteiger charge is 2.22. The highest BCUT2D eigenvalue weighted by molar-refractivity contribution is 7.89. The van der Waals surface area contributed by atoms with Crippen LogP contribution >= 0.6 is 0 Å². The minimum absolute atomic E-state index is 0.0238. The molecule has 3 aromatic rings. The number of sulfonamides is 1. The van der Waals surface area contributed by atoms with Gasteiger partial charge in [-0.1, -0.05) is 12.1 Å². The molecule has 5 nitrogen and oxygen atoms in total. The number of pyridine rings is 1. The van der Waals surface area contributed by atoms with E-state index in [1.807, 2.05) is 25.1 Å². The van der Waals surface area contributed by atoms with Crippen LogP contribution in [-0.4, -0.2) is 24.8 Å². The van der Waals surface area contributed by atoms with Crippen molar-refractivity contribution >= 4 is 20.9 Å². The standard InChI is InChI=1S/C18H17FN2O3S/c1-12-3-4-13-10-14(18(22)20-17(13)9-12)11-21(2)25(23,24)16-7-5-15(19)6-8-16/h3-10H,11H2,1-2H3,(H,20,22).